The van der Waals surface area contributed by atoms with Gasteiger partial charge in [0, 0.05) is 38.3 Å². The van der Waals surface area contributed by atoms with Crippen LogP contribution in [-0.2, 0) is 13.1 Å². The highest BCUT2D eigenvalue weighted by molar-refractivity contribution is 5.94. The maximum atomic E-state index is 12.5. The Labute approximate surface area is 159 Å². The Balaban J connectivity index is 1.37. The molecule has 6 nitrogen and oxygen atoms in total. The van der Waals surface area contributed by atoms with E-state index < -0.39 is 0 Å². The fourth-order valence-electron chi connectivity index (χ4n) is 3.43. The predicted octanol–water partition coefficient (Wildman–Crippen LogP) is 2.24. The van der Waals surface area contributed by atoms with Crippen molar-refractivity contribution >= 4 is 16.9 Å². The van der Waals surface area contributed by atoms with Crippen molar-refractivity contribution in [3.8, 4) is 0 Å². The molecule has 1 saturated heterocycles. The van der Waals surface area contributed by atoms with E-state index in [9.17, 15) is 4.79 Å². The summed E-state index contributed by atoms with van der Waals surface area (Å²) in [7, 11) is 2.16. The monoisotopic (exact) mass is 363 g/mol. The third kappa shape index (κ3) is 4.35. The van der Waals surface area contributed by atoms with Crippen LogP contribution in [0.25, 0.3) is 11.0 Å². The van der Waals surface area contributed by atoms with Crippen molar-refractivity contribution < 1.29 is 4.79 Å². The van der Waals surface area contributed by atoms with Crippen molar-refractivity contribution in [3.63, 3.8) is 0 Å². The number of nitrogens with zero attached hydrogens (tertiary/aromatic N) is 3. The Kier molecular flexibility index (Phi) is 5.18. The summed E-state index contributed by atoms with van der Waals surface area (Å²) < 4.78 is 0. The van der Waals surface area contributed by atoms with E-state index in [0.717, 1.165) is 49.6 Å². The number of hydrogen-bond donors (Lipinski definition) is 2. The molecule has 4 rings (SSSR count). The number of amides is 1. The summed E-state index contributed by atoms with van der Waals surface area (Å²) in [5.74, 6) is 0.689. The molecule has 140 valence electrons. The highest BCUT2D eigenvalue weighted by Gasteiger charge is 2.15. The highest BCUT2D eigenvalue weighted by atomic mass is 16.1. The second-order valence-electron chi connectivity index (χ2n) is 7.16. The number of carbonyl (C=O) groups is 1. The molecule has 0 aliphatic carbocycles. The largest absolute Gasteiger partial charge is 0.345 e. The van der Waals surface area contributed by atoms with Gasteiger partial charge in [0.25, 0.3) is 5.91 Å². The van der Waals surface area contributed by atoms with Crippen LogP contribution in [0.4, 0.5) is 0 Å². The number of piperazine rings is 1. The third-order valence-corrected chi connectivity index (χ3v) is 5.05. The average molecular weight is 363 g/mol. The summed E-state index contributed by atoms with van der Waals surface area (Å²) in [5, 5.41) is 2.96. The molecule has 2 aromatic carbocycles. The van der Waals surface area contributed by atoms with E-state index in [1.165, 1.54) is 5.56 Å². The fraction of sp³-hybridized carbons (Fsp3) is 0.333. The SMILES string of the molecule is CN1CCN(Cc2cccc(C(=O)NCc3nc4ccccc4[nH]3)c2)CC1. The molecule has 0 atom stereocenters. The van der Waals surface area contributed by atoms with Gasteiger partial charge in [0.1, 0.15) is 5.82 Å². The van der Waals surface area contributed by atoms with Gasteiger partial charge in [0.15, 0.2) is 0 Å². The molecule has 1 aliphatic heterocycles. The molecule has 0 spiro atoms. The second kappa shape index (κ2) is 7.90. The lowest BCUT2D eigenvalue weighted by Crippen LogP contribution is -2.43. The number of para-hydroxylation sites is 2. The molecule has 1 aliphatic rings. The van der Waals surface area contributed by atoms with Gasteiger partial charge in [-0.05, 0) is 36.9 Å². The molecule has 1 aromatic heterocycles. The number of hydrogen-bond acceptors (Lipinski definition) is 4. The smallest absolute Gasteiger partial charge is 0.251 e. The van der Waals surface area contributed by atoms with E-state index in [1.54, 1.807) is 0 Å². The fourth-order valence-corrected chi connectivity index (χ4v) is 3.43. The normalized spacial score (nSPS) is 15.9. The Morgan fingerprint density at radius 1 is 1.11 bits per heavy atom. The van der Waals surface area contributed by atoms with E-state index in [-0.39, 0.29) is 5.91 Å². The van der Waals surface area contributed by atoms with Crippen LogP contribution in [0.1, 0.15) is 21.7 Å². The number of likely N-dealkylation sites (N-methyl/N-ethyl adjacent to an activating group) is 1. The molecule has 6 heteroatoms. The number of aromatic amines is 1. The zero-order valence-electron chi connectivity index (χ0n) is 15.6. The van der Waals surface area contributed by atoms with E-state index >= 15 is 0 Å². The predicted molar refractivity (Wildman–Crippen MR) is 106 cm³/mol. The Morgan fingerprint density at radius 3 is 2.74 bits per heavy atom. The Morgan fingerprint density at radius 2 is 1.93 bits per heavy atom. The highest BCUT2D eigenvalue weighted by Crippen LogP contribution is 2.12. The molecule has 3 aromatic rings. The lowest BCUT2D eigenvalue weighted by Gasteiger charge is -2.32. The van der Waals surface area contributed by atoms with Crippen LogP contribution in [0.2, 0.25) is 0 Å². The molecule has 1 amide bonds. The van der Waals surface area contributed by atoms with Crippen LogP contribution < -0.4 is 5.32 Å². The number of imidazole rings is 1. The summed E-state index contributed by atoms with van der Waals surface area (Å²) in [6.45, 7) is 5.60. The second-order valence-corrected chi connectivity index (χ2v) is 7.16. The summed E-state index contributed by atoms with van der Waals surface area (Å²) in [4.78, 5) is 25.1. The number of nitrogens with one attached hydrogen (secondary N) is 2. The van der Waals surface area contributed by atoms with Gasteiger partial charge < -0.3 is 15.2 Å². The Hall–Kier alpha value is -2.70. The minimum Gasteiger partial charge on any atom is -0.345 e. The zero-order valence-corrected chi connectivity index (χ0v) is 15.6. The van der Waals surface area contributed by atoms with Crippen molar-refractivity contribution in [3.05, 3.63) is 65.5 Å². The summed E-state index contributed by atoms with van der Waals surface area (Å²) in [5.41, 5.74) is 3.76. The van der Waals surface area contributed by atoms with Gasteiger partial charge in [0.05, 0.1) is 17.6 Å². The molecule has 0 radical (unpaired) electrons. The first-order valence-corrected chi connectivity index (χ1v) is 9.39. The van der Waals surface area contributed by atoms with Crippen LogP contribution in [0.5, 0.6) is 0 Å². The lowest BCUT2D eigenvalue weighted by atomic mass is 10.1. The van der Waals surface area contributed by atoms with E-state index in [0.29, 0.717) is 12.1 Å². The molecular weight excluding hydrogens is 338 g/mol. The average Bonchev–Trinajstić information content (AvgIpc) is 3.11. The maximum absolute atomic E-state index is 12.5. The number of aromatic nitrogens is 2. The van der Waals surface area contributed by atoms with E-state index in [2.05, 4.69) is 38.2 Å². The first-order valence-electron chi connectivity index (χ1n) is 9.39. The molecular formula is C21H25N5O. The van der Waals surface area contributed by atoms with Gasteiger partial charge in [-0.2, -0.15) is 0 Å². The van der Waals surface area contributed by atoms with Crippen LogP contribution in [0.3, 0.4) is 0 Å². The van der Waals surface area contributed by atoms with Crippen molar-refractivity contribution in [2.75, 3.05) is 33.2 Å². The first kappa shape index (κ1) is 17.7. The molecule has 0 unspecified atom stereocenters. The van der Waals surface area contributed by atoms with Crippen molar-refractivity contribution in [1.29, 1.82) is 0 Å². The minimum absolute atomic E-state index is 0.0734. The number of benzene rings is 2. The molecule has 1 fully saturated rings. The number of carbonyl (C=O) groups excluding carboxylic acids is 1. The number of rotatable bonds is 5. The number of fused-ring (bicyclic) bond motifs is 1. The molecule has 2 heterocycles. The van der Waals surface area contributed by atoms with Crippen LogP contribution in [-0.4, -0.2) is 58.9 Å². The van der Waals surface area contributed by atoms with Gasteiger partial charge >= 0.3 is 0 Å². The Bertz CT molecular complexity index is 894. The maximum Gasteiger partial charge on any atom is 0.251 e. The number of H-pyrrole nitrogens is 1. The van der Waals surface area contributed by atoms with E-state index in [4.69, 9.17) is 0 Å². The third-order valence-electron chi connectivity index (χ3n) is 5.05. The van der Waals surface area contributed by atoms with Crippen LogP contribution in [0.15, 0.2) is 48.5 Å². The van der Waals surface area contributed by atoms with Crippen LogP contribution in [0, 0.1) is 0 Å². The minimum atomic E-state index is -0.0734. The quantitative estimate of drug-likeness (QED) is 0.730. The molecule has 0 saturated carbocycles. The standard InChI is InChI=1S/C21H25N5O/c1-25-9-11-26(12-10-25)15-16-5-4-6-17(13-16)21(27)22-14-20-23-18-7-2-3-8-19(18)24-20/h2-8,13H,9-12,14-15H2,1H3,(H,22,27)(H,23,24). The van der Waals surface area contributed by atoms with E-state index in [1.807, 2.05) is 42.5 Å². The van der Waals surface area contributed by atoms with Gasteiger partial charge in [-0.3, -0.25) is 9.69 Å². The van der Waals surface area contributed by atoms with Crippen molar-refractivity contribution in [2.45, 2.75) is 13.1 Å². The molecule has 27 heavy (non-hydrogen) atoms. The molecule has 2 N–H and O–H groups in total. The van der Waals surface area contributed by atoms with Crippen molar-refractivity contribution in [1.82, 2.24) is 25.1 Å². The van der Waals surface area contributed by atoms with Crippen LogP contribution >= 0.6 is 0 Å². The first-order chi connectivity index (χ1) is 13.2. The molecule has 0 bridgehead atoms. The lowest BCUT2D eigenvalue weighted by molar-refractivity contribution is 0.0949. The van der Waals surface area contributed by atoms with Gasteiger partial charge in [0.2, 0.25) is 0 Å². The van der Waals surface area contributed by atoms with Gasteiger partial charge in [-0.1, -0.05) is 24.3 Å². The van der Waals surface area contributed by atoms with Gasteiger partial charge in [-0.25, -0.2) is 4.98 Å². The summed E-state index contributed by atoms with van der Waals surface area (Å²) in [6, 6.07) is 15.8. The zero-order chi connectivity index (χ0) is 18.6. The summed E-state index contributed by atoms with van der Waals surface area (Å²) >= 11 is 0. The van der Waals surface area contributed by atoms with Crippen molar-refractivity contribution in [2.24, 2.45) is 0 Å². The van der Waals surface area contributed by atoms with Gasteiger partial charge in [-0.15, -0.1) is 0 Å². The topological polar surface area (TPSA) is 64.3 Å². The summed E-state index contributed by atoms with van der Waals surface area (Å²) in [6.07, 6.45) is 0.